The Kier molecular flexibility index (Phi) is 3.61. The lowest BCUT2D eigenvalue weighted by atomic mass is 9.68. The van der Waals surface area contributed by atoms with E-state index in [-0.39, 0.29) is 22.8 Å². The molecular formula is C16H12BrN3O4. The predicted octanol–water partition coefficient (Wildman–Crippen LogP) is 1.81. The van der Waals surface area contributed by atoms with Crippen LogP contribution >= 0.6 is 15.9 Å². The maximum atomic E-state index is 12.9. The van der Waals surface area contributed by atoms with Crippen LogP contribution in [0.15, 0.2) is 45.5 Å². The number of rotatable bonds is 1. The molecule has 1 aromatic rings. The number of fused-ring (bicyclic) bond motifs is 2. The number of nitrogens with one attached hydrogen (secondary N) is 1. The molecule has 2 aliphatic heterocycles. The van der Waals surface area contributed by atoms with Crippen LogP contribution in [-0.2, 0) is 24.5 Å². The zero-order valence-corrected chi connectivity index (χ0v) is 14.4. The Labute approximate surface area is 145 Å². The molecule has 3 N–H and O–H groups in total. The highest BCUT2D eigenvalue weighted by atomic mass is 79.9. The number of nitrogens with two attached hydrogens (primary N) is 1. The molecule has 2 aliphatic rings. The van der Waals surface area contributed by atoms with Crippen molar-refractivity contribution in [1.82, 2.24) is 0 Å². The third kappa shape index (κ3) is 1.88. The zero-order chi connectivity index (χ0) is 17.6. The summed E-state index contributed by atoms with van der Waals surface area (Å²) >= 11 is 3.33. The number of nitrogens with zero attached hydrogens (tertiary/aromatic N) is 1. The van der Waals surface area contributed by atoms with E-state index in [0.717, 1.165) is 4.47 Å². The van der Waals surface area contributed by atoms with Crippen molar-refractivity contribution in [2.24, 2.45) is 5.73 Å². The van der Waals surface area contributed by atoms with E-state index < -0.39 is 17.3 Å². The number of amides is 1. The normalized spacial score (nSPS) is 22.0. The van der Waals surface area contributed by atoms with Crippen LogP contribution in [0.3, 0.4) is 0 Å². The van der Waals surface area contributed by atoms with Crippen molar-refractivity contribution >= 4 is 33.5 Å². The molecule has 122 valence electrons. The van der Waals surface area contributed by atoms with Gasteiger partial charge in [0.1, 0.15) is 23.0 Å². The van der Waals surface area contributed by atoms with Crippen LogP contribution in [-0.4, -0.2) is 19.0 Å². The fraction of sp³-hybridized carbons (Fsp3) is 0.188. The molecule has 1 spiro atoms. The number of benzene rings is 1. The largest absolute Gasteiger partial charge is 0.466 e. The summed E-state index contributed by atoms with van der Waals surface area (Å²) in [6.45, 7) is 1.50. The lowest BCUT2D eigenvalue weighted by Crippen LogP contribution is -2.45. The fourth-order valence-corrected chi connectivity index (χ4v) is 3.52. The van der Waals surface area contributed by atoms with Crippen LogP contribution in [0.5, 0.6) is 0 Å². The highest BCUT2D eigenvalue weighted by molar-refractivity contribution is 9.10. The Balaban J connectivity index is 2.44. The van der Waals surface area contributed by atoms with Gasteiger partial charge in [-0.2, -0.15) is 5.26 Å². The van der Waals surface area contributed by atoms with Gasteiger partial charge in [-0.05, 0) is 19.1 Å². The van der Waals surface area contributed by atoms with Crippen LogP contribution in [0.25, 0.3) is 0 Å². The number of carbonyl (C=O) groups excluding carboxylic acids is 2. The maximum Gasteiger partial charge on any atom is 0.339 e. The number of allylic oxidation sites excluding steroid dienone is 1. The van der Waals surface area contributed by atoms with E-state index in [1.165, 1.54) is 14.0 Å². The molecule has 0 saturated carbocycles. The molecule has 2 heterocycles. The minimum Gasteiger partial charge on any atom is -0.466 e. The van der Waals surface area contributed by atoms with Crippen molar-refractivity contribution in [3.8, 4) is 6.07 Å². The van der Waals surface area contributed by atoms with Gasteiger partial charge >= 0.3 is 5.97 Å². The number of carbonyl (C=O) groups is 2. The van der Waals surface area contributed by atoms with Crippen LogP contribution in [0.1, 0.15) is 12.5 Å². The molecule has 0 radical (unpaired) electrons. The van der Waals surface area contributed by atoms with E-state index in [0.29, 0.717) is 11.3 Å². The zero-order valence-electron chi connectivity index (χ0n) is 12.8. The van der Waals surface area contributed by atoms with Crippen LogP contribution in [0.4, 0.5) is 5.69 Å². The van der Waals surface area contributed by atoms with E-state index >= 15 is 0 Å². The molecular weight excluding hydrogens is 378 g/mol. The fourth-order valence-electron chi connectivity index (χ4n) is 3.16. The Bertz CT molecular complexity index is 897. The Morgan fingerprint density at radius 3 is 2.83 bits per heavy atom. The molecule has 0 unspecified atom stereocenters. The SMILES string of the molecule is COC(=O)C1=C(C)OC(N)=C(C#N)[C@]12C(=O)Nc1cc(Br)ccc12. The number of nitriles is 1. The number of esters is 1. The van der Waals surface area contributed by atoms with Gasteiger partial charge in [-0.15, -0.1) is 0 Å². The van der Waals surface area contributed by atoms with Gasteiger partial charge < -0.3 is 20.5 Å². The van der Waals surface area contributed by atoms with Gasteiger partial charge in [-0.1, -0.05) is 22.0 Å². The summed E-state index contributed by atoms with van der Waals surface area (Å²) in [5, 5.41) is 12.3. The average Bonchev–Trinajstić information content (AvgIpc) is 2.79. The van der Waals surface area contributed by atoms with Gasteiger partial charge in [0, 0.05) is 15.7 Å². The van der Waals surface area contributed by atoms with Crippen molar-refractivity contribution in [3.05, 3.63) is 51.0 Å². The van der Waals surface area contributed by atoms with Gasteiger partial charge in [0.05, 0.1) is 7.11 Å². The summed E-state index contributed by atoms with van der Waals surface area (Å²) in [6, 6.07) is 6.97. The van der Waals surface area contributed by atoms with Crippen molar-refractivity contribution < 1.29 is 19.1 Å². The number of halogens is 1. The number of ether oxygens (including phenoxy) is 2. The maximum absolute atomic E-state index is 12.9. The van der Waals surface area contributed by atoms with Crippen molar-refractivity contribution in [1.29, 1.82) is 5.26 Å². The smallest absolute Gasteiger partial charge is 0.339 e. The molecule has 0 aromatic heterocycles. The molecule has 0 bridgehead atoms. The second-order valence-electron chi connectivity index (χ2n) is 5.27. The topological polar surface area (TPSA) is 114 Å². The molecule has 0 fully saturated rings. The molecule has 1 amide bonds. The Morgan fingerprint density at radius 1 is 1.50 bits per heavy atom. The first-order valence-electron chi connectivity index (χ1n) is 6.87. The average molecular weight is 390 g/mol. The third-order valence-electron chi connectivity index (χ3n) is 4.09. The highest BCUT2D eigenvalue weighted by Gasteiger charge is 2.59. The molecule has 0 aliphatic carbocycles. The first-order valence-corrected chi connectivity index (χ1v) is 7.66. The minimum absolute atomic E-state index is 0.0608. The summed E-state index contributed by atoms with van der Waals surface area (Å²) < 4.78 is 10.9. The van der Waals surface area contributed by atoms with Gasteiger partial charge in [0.25, 0.3) is 0 Å². The lowest BCUT2D eigenvalue weighted by molar-refractivity contribution is -0.138. The summed E-state index contributed by atoms with van der Waals surface area (Å²) in [7, 11) is 1.19. The van der Waals surface area contributed by atoms with E-state index in [1.54, 1.807) is 18.2 Å². The Hall–Kier alpha value is -2.79. The molecule has 0 saturated heterocycles. The highest BCUT2D eigenvalue weighted by Crippen LogP contribution is 2.52. The quantitative estimate of drug-likeness (QED) is 0.707. The van der Waals surface area contributed by atoms with E-state index in [4.69, 9.17) is 15.2 Å². The van der Waals surface area contributed by atoms with E-state index in [1.807, 2.05) is 6.07 Å². The number of hydrogen-bond donors (Lipinski definition) is 2. The van der Waals surface area contributed by atoms with Gasteiger partial charge in [0.2, 0.25) is 11.8 Å². The summed E-state index contributed by atoms with van der Waals surface area (Å²) in [4.78, 5) is 25.4. The standard InChI is InChI=1S/C16H12BrN3O4/c1-7-12(14(21)23-2)16(10(6-18)13(19)24-7)9-4-3-8(17)5-11(9)20-15(16)22/h3-5H,19H2,1-2H3,(H,20,22)/t16-/m0/s1. The van der Waals surface area contributed by atoms with Gasteiger partial charge in [-0.3, -0.25) is 4.79 Å². The molecule has 7 nitrogen and oxygen atoms in total. The summed E-state index contributed by atoms with van der Waals surface area (Å²) in [5.74, 6) is -1.42. The van der Waals surface area contributed by atoms with Gasteiger partial charge in [-0.25, -0.2) is 4.79 Å². The molecule has 24 heavy (non-hydrogen) atoms. The first-order chi connectivity index (χ1) is 11.4. The lowest BCUT2D eigenvalue weighted by Gasteiger charge is -2.33. The van der Waals surface area contributed by atoms with E-state index in [2.05, 4.69) is 21.2 Å². The molecule has 1 atom stereocenters. The van der Waals surface area contributed by atoms with Crippen molar-refractivity contribution in [2.75, 3.05) is 12.4 Å². The molecule has 3 rings (SSSR count). The second kappa shape index (κ2) is 5.39. The Morgan fingerprint density at radius 2 is 2.21 bits per heavy atom. The van der Waals surface area contributed by atoms with Gasteiger partial charge in [0.15, 0.2) is 5.41 Å². The van der Waals surface area contributed by atoms with Crippen LogP contribution in [0.2, 0.25) is 0 Å². The summed E-state index contributed by atoms with van der Waals surface area (Å²) in [6.07, 6.45) is 0. The molecule has 8 heteroatoms. The predicted molar refractivity (Wildman–Crippen MR) is 87.1 cm³/mol. The number of hydrogen-bond acceptors (Lipinski definition) is 6. The summed E-state index contributed by atoms with van der Waals surface area (Å²) in [5.41, 5.74) is 4.87. The van der Waals surface area contributed by atoms with Crippen LogP contribution in [0, 0.1) is 11.3 Å². The second-order valence-corrected chi connectivity index (χ2v) is 6.19. The van der Waals surface area contributed by atoms with Crippen molar-refractivity contribution in [3.63, 3.8) is 0 Å². The van der Waals surface area contributed by atoms with Crippen LogP contribution < -0.4 is 11.1 Å². The minimum atomic E-state index is -1.69. The first kappa shape index (κ1) is 16.1. The third-order valence-corrected chi connectivity index (χ3v) is 4.58. The molecule has 1 aromatic carbocycles. The number of methoxy groups -OCH3 is 1. The number of anilines is 1. The van der Waals surface area contributed by atoms with Crippen molar-refractivity contribution in [2.45, 2.75) is 12.3 Å². The monoisotopic (exact) mass is 389 g/mol. The van der Waals surface area contributed by atoms with E-state index in [9.17, 15) is 14.9 Å².